The molecule has 0 amide bonds. The van der Waals surface area contributed by atoms with Crippen molar-refractivity contribution in [2.24, 2.45) is 5.16 Å². The molecule has 0 aliphatic heterocycles. The highest BCUT2D eigenvalue weighted by Crippen LogP contribution is 2.14. The molecule has 138 valence electrons. The van der Waals surface area contributed by atoms with E-state index in [0.717, 1.165) is 12.8 Å². The molecule has 0 aliphatic rings. The van der Waals surface area contributed by atoms with Crippen LogP contribution >= 0.6 is 0 Å². The summed E-state index contributed by atoms with van der Waals surface area (Å²) in [5.41, 5.74) is 0. The lowest BCUT2D eigenvalue weighted by molar-refractivity contribution is -0.137. The molecule has 0 unspecified atom stereocenters. The lowest BCUT2D eigenvalue weighted by Gasteiger charge is -2.31. The van der Waals surface area contributed by atoms with Gasteiger partial charge in [-0.15, -0.1) is 0 Å². The van der Waals surface area contributed by atoms with Crippen LogP contribution < -0.4 is 0 Å². The molecular weight excluding hydrogens is 306 g/mol. The average molecular weight is 337 g/mol. The number of aliphatic hydroxyl groups is 1. The summed E-state index contributed by atoms with van der Waals surface area (Å²) in [6.07, 6.45) is 0.842. The third-order valence-electron chi connectivity index (χ3n) is 3.24. The normalized spacial score (nSPS) is 17.1. The van der Waals surface area contributed by atoms with Gasteiger partial charge in [-0.05, 0) is 6.42 Å². The molecule has 23 heavy (non-hydrogen) atoms. The minimum atomic E-state index is -0.862. The molecule has 0 aromatic carbocycles. The highest BCUT2D eigenvalue weighted by Gasteiger charge is 2.34. The molecule has 0 heterocycles. The topological polar surface area (TPSA) is 88.0 Å². The zero-order valence-corrected chi connectivity index (χ0v) is 14.8. The van der Waals surface area contributed by atoms with E-state index in [0.29, 0.717) is 6.61 Å². The summed E-state index contributed by atoms with van der Waals surface area (Å²) in [4.78, 5) is 5.01. The summed E-state index contributed by atoms with van der Waals surface area (Å²) in [5.74, 6) is 0. The van der Waals surface area contributed by atoms with Crippen molar-refractivity contribution in [1.82, 2.24) is 0 Å². The lowest BCUT2D eigenvalue weighted by Crippen LogP contribution is -2.49. The smallest absolute Gasteiger partial charge is 0.216 e. The second-order valence-corrected chi connectivity index (χ2v) is 4.89. The van der Waals surface area contributed by atoms with Gasteiger partial charge in [0.2, 0.25) is 6.79 Å². The van der Waals surface area contributed by atoms with Gasteiger partial charge < -0.3 is 33.6 Å². The fourth-order valence-electron chi connectivity index (χ4n) is 1.99. The zero-order valence-electron chi connectivity index (χ0n) is 14.8. The summed E-state index contributed by atoms with van der Waals surface area (Å²) in [7, 11) is 6.00. The molecule has 0 saturated carbocycles. The first kappa shape index (κ1) is 22.2. The average Bonchev–Trinajstić information content (AvgIpc) is 2.56. The number of hydrogen-bond acceptors (Lipinski definition) is 8. The molecule has 0 spiro atoms. The highest BCUT2D eigenvalue weighted by molar-refractivity contribution is 5.63. The van der Waals surface area contributed by atoms with Crippen LogP contribution in [0.5, 0.6) is 0 Å². The molecule has 1 N–H and O–H groups in total. The van der Waals surface area contributed by atoms with Crippen LogP contribution in [0.2, 0.25) is 0 Å². The molecular formula is C15H31NO7. The Morgan fingerprint density at radius 1 is 1.04 bits per heavy atom. The van der Waals surface area contributed by atoms with Gasteiger partial charge in [0.25, 0.3) is 0 Å². The van der Waals surface area contributed by atoms with Crippen molar-refractivity contribution < 1.29 is 33.6 Å². The second-order valence-electron chi connectivity index (χ2n) is 4.89. The van der Waals surface area contributed by atoms with Crippen LogP contribution in [-0.2, 0) is 28.5 Å². The van der Waals surface area contributed by atoms with Gasteiger partial charge >= 0.3 is 0 Å². The molecule has 0 aromatic rings. The first-order valence-corrected chi connectivity index (χ1v) is 7.64. The van der Waals surface area contributed by atoms with Gasteiger partial charge in [0.05, 0.1) is 19.4 Å². The lowest BCUT2D eigenvalue weighted by atomic mass is 10.0. The van der Waals surface area contributed by atoms with Crippen LogP contribution in [-0.4, -0.2) is 84.2 Å². The van der Waals surface area contributed by atoms with Crippen molar-refractivity contribution in [2.75, 3.05) is 48.4 Å². The summed E-state index contributed by atoms with van der Waals surface area (Å²) < 4.78 is 26.2. The highest BCUT2D eigenvalue weighted by atomic mass is 16.7. The Labute approximate surface area is 138 Å². The minimum Gasteiger partial charge on any atom is -0.388 e. The molecule has 0 aromatic heterocycles. The SMILES string of the molecule is CCCCOCO/N=C/[C@H](OC)[C@@H](OC)[C@H](OC)[C@H](O)COC. The Morgan fingerprint density at radius 3 is 2.26 bits per heavy atom. The van der Waals surface area contributed by atoms with Gasteiger partial charge in [-0.1, -0.05) is 18.5 Å². The van der Waals surface area contributed by atoms with Gasteiger partial charge in [-0.25, -0.2) is 0 Å². The largest absolute Gasteiger partial charge is 0.388 e. The second kappa shape index (κ2) is 14.8. The molecule has 4 atom stereocenters. The zero-order chi connectivity index (χ0) is 17.5. The quantitative estimate of drug-likeness (QED) is 0.205. The van der Waals surface area contributed by atoms with Gasteiger partial charge in [0, 0.05) is 28.4 Å². The standard InChI is InChI=1S/C15H31NO7/c1-6-7-8-22-11-23-16-9-13(19-3)15(21-5)14(20-4)12(17)10-18-2/h9,12-15,17H,6-8,10-11H2,1-5H3/b16-9+/t12-,13+,14-,15-/m1/s1. The molecule has 8 nitrogen and oxygen atoms in total. The van der Waals surface area contributed by atoms with E-state index in [9.17, 15) is 5.11 Å². The Bertz CT molecular complexity index is 291. The van der Waals surface area contributed by atoms with E-state index >= 15 is 0 Å². The molecule has 0 fully saturated rings. The van der Waals surface area contributed by atoms with Gasteiger partial charge in [-0.3, -0.25) is 0 Å². The minimum absolute atomic E-state index is 0.0740. The number of nitrogens with zero attached hydrogens (tertiary/aromatic N) is 1. The molecule has 0 rings (SSSR count). The van der Waals surface area contributed by atoms with Gasteiger partial charge in [0.1, 0.15) is 24.4 Å². The monoisotopic (exact) mass is 337 g/mol. The number of hydrogen-bond donors (Lipinski definition) is 1. The van der Waals surface area contributed by atoms with Crippen molar-refractivity contribution >= 4 is 6.21 Å². The maximum atomic E-state index is 10.1. The number of methoxy groups -OCH3 is 4. The molecule has 0 saturated heterocycles. The fourth-order valence-corrected chi connectivity index (χ4v) is 1.99. The van der Waals surface area contributed by atoms with Crippen molar-refractivity contribution in [2.45, 2.75) is 44.2 Å². The van der Waals surface area contributed by atoms with Crippen LogP contribution in [0.3, 0.4) is 0 Å². The van der Waals surface area contributed by atoms with E-state index in [1.54, 1.807) is 0 Å². The van der Waals surface area contributed by atoms with Crippen LogP contribution in [0, 0.1) is 0 Å². The predicted octanol–water partition coefficient (Wildman–Crippen LogP) is 0.815. The molecule has 8 heteroatoms. The maximum absolute atomic E-state index is 10.1. The van der Waals surface area contributed by atoms with Crippen LogP contribution in [0.15, 0.2) is 5.16 Å². The Kier molecular flexibility index (Phi) is 14.3. The van der Waals surface area contributed by atoms with Crippen molar-refractivity contribution in [3.8, 4) is 0 Å². The first-order valence-electron chi connectivity index (χ1n) is 7.64. The van der Waals surface area contributed by atoms with E-state index in [1.165, 1.54) is 34.7 Å². The van der Waals surface area contributed by atoms with E-state index in [-0.39, 0.29) is 13.4 Å². The van der Waals surface area contributed by atoms with E-state index in [4.69, 9.17) is 28.5 Å². The van der Waals surface area contributed by atoms with Crippen LogP contribution in [0.4, 0.5) is 0 Å². The number of unbranched alkanes of at least 4 members (excludes halogenated alkanes) is 1. The number of oxime groups is 1. The van der Waals surface area contributed by atoms with E-state index in [2.05, 4.69) is 12.1 Å². The molecule has 0 aliphatic carbocycles. The van der Waals surface area contributed by atoms with Crippen molar-refractivity contribution in [1.29, 1.82) is 0 Å². The number of aliphatic hydroxyl groups excluding tert-OH is 1. The Hall–Kier alpha value is -0.770. The summed E-state index contributed by atoms with van der Waals surface area (Å²) in [6.45, 7) is 2.91. The van der Waals surface area contributed by atoms with E-state index < -0.39 is 24.4 Å². The Morgan fingerprint density at radius 2 is 1.74 bits per heavy atom. The van der Waals surface area contributed by atoms with Gasteiger partial charge in [0.15, 0.2) is 0 Å². The van der Waals surface area contributed by atoms with Crippen LogP contribution in [0.25, 0.3) is 0 Å². The summed E-state index contributed by atoms with van der Waals surface area (Å²) >= 11 is 0. The van der Waals surface area contributed by atoms with Crippen molar-refractivity contribution in [3.63, 3.8) is 0 Å². The fraction of sp³-hybridized carbons (Fsp3) is 0.933. The van der Waals surface area contributed by atoms with Gasteiger partial charge in [-0.2, -0.15) is 0 Å². The number of ether oxygens (including phenoxy) is 5. The summed E-state index contributed by atoms with van der Waals surface area (Å²) in [5, 5.41) is 13.9. The molecule has 0 radical (unpaired) electrons. The summed E-state index contributed by atoms with van der Waals surface area (Å²) in [6, 6.07) is 0. The predicted molar refractivity (Wildman–Crippen MR) is 85.6 cm³/mol. The number of rotatable bonds is 15. The first-order chi connectivity index (χ1) is 11.2. The van der Waals surface area contributed by atoms with Crippen molar-refractivity contribution in [3.05, 3.63) is 0 Å². The molecule has 0 bridgehead atoms. The maximum Gasteiger partial charge on any atom is 0.216 e. The van der Waals surface area contributed by atoms with Crippen LogP contribution in [0.1, 0.15) is 19.8 Å². The van der Waals surface area contributed by atoms with E-state index in [1.807, 2.05) is 0 Å². The third-order valence-corrected chi connectivity index (χ3v) is 3.24. The Balaban J connectivity index is 4.49. The third kappa shape index (κ3) is 9.19.